The summed E-state index contributed by atoms with van der Waals surface area (Å²) in [6.45, 7) is 3.80. The van der Waals surface area contributed by atoms with E-state index in [0.717, 1.165) is 44.9 Å². The highest BCUT2D eigenvalue weighted by Crippen LogP contribution is 2.23. The zero-order valence-electron chi connectivity index (χ0n) is 45.8. The minimum atomic E-state index is -1.57. The van der Waals surface area contributed by atoms with E-state index in [1.807, 2.05) is 6.08 Å². The van der Waals surface area contributed by atoms with E-state index in [1.54, 1.807) is 6.08 Å². The Balaban J connectivity index is 2.24. The van der Waals surface area contributed by atoms with E-state index in [9.17, 15) is 30.3 Å². The predicted molar refractivity (Wildman–Crippen MR) is 295 cm³/mol. The van der Waals surface area contributed by atoms with Crippen LogP contribution in [0, 0.1) is 0 Å². The first-order chi connectivity index (χ1) is 34.3. The molecule has 412 valence electrons. The molecular formula is C61H115NO8. The number of aliphatic hydroxyl groups is 5. The second-order valence-corrected chi connectivity index (χ2v) is 21.1. The standard InChI is InChI=1S/C61H115NO8/c1-3-5-7-9-11-13-15-17-19-21-23-25-26-27-28-29-31-32-34-36-38-40-42-44-46-48-50-55(64)54(53-69-61-60(68)59(67)58(66)56(52-63)70-61)62-57(65)51-49-47-45-43-41-39-37-35-33-30-24-22-20-18-16-14-12-10-8-6-4-2/h32,34,40,42,48,50,54-56,58-61,63-64,66-68H,3-31,33,35-39,41,43-47,49,51-53H2,1-2H3,(H,62,65)/b34-32+,42-40+,50-48+. The van der Waals surface area contributed by atoms with Crippen LogP contribution in [0.4, 0.5) is 0 Å². The van der Waals surface area contributed by atoms with E-state index < -0.39 is 49.5 Å². The summed E-state index contributed by atoms with van der Waals surface area (Å²) in [5.41, 5.74) is 0. The summed E-state index contributed by atoms with van der Waals surface area (Å²) in [4.78, 5) is 13.1. The van der Waals surface area contributed by atoms with E-state index >= 15 is 0 Å². The Morgan fingerprint density at radius 2 is 0.814 bits per heavy atom. The molecule has 1 aliphatic heterocycles. The highest BCUT2D eigenvalue weighted by molar-refractivity contribution is 5.76. The lowest BCUT2D eigenvalue weighted by Crippen LogP contribution is -2.60. The number of carbonyl (C=O) groups excluding carboxylic acids is 1. The van der Waals surface area contributed by atoms with Crippen molar-refractivity contribution in [3.05, 3.63) is 36.5 Å². The number of aliphatic hydroxyl groups excluding tert-OH is 5. The van der Waals surface area contributed by atoms with Gasteiger partial charge in [-0.25, -0.2) is 0 Å². The van der Waals surface area contributed by atoms with Gasteiger partial charge in [0, 0.05) is 6.42 Å². The summed E-state index contributed by atoms with van der Waals surface area (Å²) in [5, 5.41) is 54.5. The van der Waals surface area contributed by atoms with Crippen LogP contribution >= 0.6 is 0 Å². The van der Waals surface area contributed by atoms with Gasteiger partial charge in [-0.15, -0.1) is 0 Å². The number of carbonyl (C=O) groups is 1. The van der Waals surface area contributed by atoms with Crippen molar-refractivity contribution in [3.63, 3.8) is 0 Å². The van der Waals surface area contributed by atoms with Gasteiger partial charge >= 0.3 is 0 Å². The first kappa shape index (κ1) is 66.4. The molecule has 1 heterocycles. The lowest BCUT2D eigenvalue weighted by Gasteiger charge is -2.40. The number of allylic oxidation sites excluding steroid dienone is 5. The highest BCUT2D eigenvalue weighted by Gasteiger charge is 2.44. The monoisotopic (exact) mass is 990 g/mol. The molecule has 7 atom stereocenters. The molecule has 0 aliphatic carbocycles. The molecule has 1 amide bonds. The van der Waals surface area contributed by atoms with E-state index in [0.29, 0.717) is 6.42 Å². The molecule has 0 saturated carbocycles. The van der Waals surface area contributed by atoms with Gasteiger partial charge in [0.25, 0.3) is 0 Å². The SMILES string of the molecule is CCCCCCCCCCCCCCCCCC/C=C/CC/C=C/CC/C=C/C(O)C(COC1OC(CO)C(O)C(O)C1O)NC(=O)CCCCCCCCCCCCCCCCCCCCCCC. The summed E-state index contributed by atoms with van der Waals surface area (Å²) in [6, 6.07) is -0.826. The summed E-state index contributed by atoms with van der Waals surface area (Å²) < 4.78 is 11.3. The molecule has 0 spiro atoms. The van der Waals surface area contributed by atoms with Crippen molar-refractivity contribution in [1.29, 1.82) is 0 Å². The zero-order valence-corrected chi connectivity index (χ0v) is 45.8. The summed E-state index contributed by atoms with van der Waals surface area (Å²) in [7, 11) is 0. The van der Waals surface area contributed by atoms with Crippen molar-refractivity contribution in [2.45, 2.75) is 333 Å². The average molecular weight is 991 g/mol. The first-order valence-electron chi connectivity index (χ1n) is 30.2. The van der Waals surface area contributed by atoms with Crippen molar-refractivity contribution < 1.29 is 39.8 Å². The molecule has 7 unspecified atom stereocenters. The maximum atomic E-state index is 13.1. The van der Waals surface area contributed by atoms with Crippen LogP contribution in [0.5, 0.6) is 0 Å². The van der Waals surface area contributed by atoms with Gasteiger partial charge < -0.3 is 40.3 Å². The molecule has 0 aromatic rings. The van der Waals surface area contributed by atoms with Gasteiger partial charge in [0.2, 0.25) is 5.91 Å². The number of hydrogen-bond donors (Lipinski definition) is 6. The number of nitrogens with one attached hydrogen (secondary N) is 1. The minimum absolute atomic E-state index is 0.185. The number of amides is 1. The van der Waals surface area contributed by atoms with Crippen molar-refractivity contribution in [2.75, 3.05) is 13.2 Å². The summed E-state index contributed by atoms with van der Waals surface area (Å²) >= 11 is 0. The maximum Gasteiger partial charge on any atom is 0.220 e. The van der Waals surface area contributed by atoms with Gasteiger partial charge in [0.1, 0.15) is 24.4 Å². The Morgan fingerprint density at radius 1 is 0.471 bits per heavy atom. The molecule has 0 radical (unpaired) electrons. The Labute approximate surface area is 431 Å². The van der Waals surface area contributed by atoms with Crippen LogP contribution in [-0.4, -0.2) is 87.5 Å². The Bertz CT molecular complexity index is 1190. The molecule has 0 aromatic carbocycles. The normalized spacial score (nSPS) is 19.6. The molecule has 0 bridgehead atoms. The molecule has 1 rings (SSSR count). The lowest BCUT2D eigenvalue weighted by molar-refractivity contribution is -0.302. The summed E-state index contributed by atoms with van der Waals surface area (Å²) in [5.74, 6) is -0.185. The topological polar surface area (TPSA) is 149 Å². The van der Waals surface area contributed by atoms with Crippen LogP contribution in [0.25, 0.3) is 0 Å². The Hall–Kier alpha value is -1.59. The van der Waals surface area contributed by atoms with Gasteiger partial charge in [-0.05, 0) is 44.9 Å². The first-order valence-corrected chi connectivity index (χ1v) is 30.2. The number of unbranched alkanes of at least 4 members (excludes halogenated alkanes) is 38. The second kappa shape index (κ2) is 50.9. The molecule has 0 aromatic heterocycles. The largest absolute Gasteiger partial charge is 0.394 e. The van der Waals surface area contributed by atoms with E-state index in [-0.39, 0.29) is 12.5 Å². The molecule has 9 nitrogen and oxygen atoms in total. The van der Waals surface area contributed by atoms with Crippen LogP contribution in [0.1, 0.15) is 290 Å². The summed E-state index contributed by atoms with van der Waals surface area (Å²) in [6.07, 6.45) is 59.4. The van der Waals surface area contributed by atoms with Gasteiger partial charge in [0.05, 0.1) is 25.4 Å². The van der Waals surface area contributed by atoms with Gasteiger partial charge in [-0.3, -0.25) is 4.79 Å². The van der Waals surface area contributed by atoms with Gasteiger partial charge in [-0.1, -0.05) is 275 Å². The van der Waals surface area contributed by atoms with E-state index in [2.05, 4.69) is 43.5 Å². The molecule has 6 N–H and O–H groups in total. The smallest absolute Gasteiger partial charge is 0.220 e. The van der Waals surface area contributed by atoms with Crippen LogP contribution in [0.3, 0.4) is 0 Å². The Kier molecular flexibility index (Phi) is 48.3. The quantitative estimate of drug-likeness (QED) is 0.0261. The highest BCUT2D eigenvalue weighted by atomic mass is 16.7. The number of ether oxygens (including phenoxy) is 2. The fraction of sp³-hybridized carbons (Fsp3) is 0.885. The number of rotatable bonds is 52. The zero-order chi connectivity index (χ0) is 50.8. The fourth-order valence-corrected chi connectivity index (χ4v) is 9.66. The predicted octanol–water partition coefficient (Wildman–Crippen LogP) is 15.1. The molecule has 9 heteroatoms. The van der Waals surface area contributed by atoms with Crippen LogP contribution < -0.4 is 5.32 Å². The van der Waals surface area contributed by atoms with Crippen LogP contribution in [-0.2, 0) is 14.3 Å². The van der Waals surface area contributed by atoms with Gasteiger partial charge in [-0.2, -0.15) is 0 Å². The third kappa shape index (κ3) is 39.9. The molecular weight excluding hydrogens is 875 g/mol. The van der Waals surface area contributed by atoms with Crippen molar-refractivity contribution >= 4 is 5.91 Å². The molecule has 1 aliphatic rings. The minimum Gasteiger partial charge on any atom is -0.394 e. The molecule has 1 fully saturated rings. The second-order valence-electron chi connectivity index (χ2n) is 21.1. The van der Waals surface area contributed by atoms with Crippen molar-refractivity contribution in [1.82, 2.24) is 5.32 Å². The van der Waals surface area contributed by atoms with E-state index in [1.165, 1.54) is 225 Å². The lowest BCUT2D eigenvalue weighted by atomic mass is 9.99. The fourth-order valence-electron chi connectivity index (χ4n) is 9.66. The Morgan fingerprint density at radius 3 is 1.20 bits per heavy atom. The third-order valence-corrected chi connectivity index (χ3v) is 14.4. The van der Waals surface area contributed by atoms with Crippen LogP contribution in [0.2, 0.25) is 0 Å². The van der Waals surface area contributed by atoms with E-state index in [4.69, 9.17) is 9.47 Å². The maximum absolute atomic E-state index is 13.1. The van der Waals surface area contributed by atoms with Crippen LogP contribution in [0.15, 0.2) is 36.5 Å². The number of hydrogen-bond acceptors (Lipinski definition) is 8. The third-order valence-electron chi connectivity index (χ3n) is 14.4. The average Bonchev–Trinajstić information content (AvgIpc) is 3.36. The molecule has 70 heavy (non-hydrogen) atoms. The van der Waals surface area contributed by atoms with Crippen molar-refractivity contribution in [2.24, 2.45) is 0 Å². The molecule has 1 saturated heterocycles. The van der Waals surface area contributed by atoms with Gasteiger partial charge in [0.15, 0.2) is 6.29 Å². The van der Waals surface area contributed by atoms with Crippen molar-refractivity contribution in [3.8, 4) is 0 Å².